The zero-order chi connectivity index (χ0) is 50.9. The zero-order valence-corrected chi connectivity index (χ0v) is 45.4. The van der Waals surface area contributed by atoms with Crippen LogP contribution in [0.1, 0.15) is 0 Å². The van der Waals surface area contributed by atoms with E-state index < -0.39 is 0 Å². The normalized spacial score (nSPS) is 11.7. The SMILES string of the molecule is COCCOCCOCCOc1ccc2c(c1)-c1nc-2nc2[n-]c(nc3nc(nc4[n-]c(n1)c1ccc(OCCOCCOCCOC)cc41)-c1ccc(OCCOCCOCCOC)cc1-3)c1cc(N)ccc21.[Zn+2]. The largest absolute Gasteiger partial charge is 2.00 e. The van der Waals surface area contributed by atoms with Crippen LogP contribution in [0, 0.1) is 0 Å². The van der Waals surface area contributed by atoms with E-state index in [9.17, 15) is 0 Å². The number of fused-ring (bicyclic) bond motifs is 20. The Bertz CT molecular complexity index is 3160. The Morgan fingerprint density at radius 1 is 0.333 bits per heavy atom. The predicted octanol–water partition coefficient (Wildman–Crippen LogP) is 5.88. The third kappa shape index (κ3) is 14.4. The fourth-order valence-electron chi connectivity index (χ4n) is 7.94. The number of methoxy groups -OCH3 is 3. The quantitative estimate of drug-likeness (QED) is 0.0314. The van der Waals surface area contributed by atoms with Crippen LogP contribution < -0.4 is 29.9 Å². The van der Waals surface area contributed by atoms with Crippen molar-refractivity contribution < 1.29 is 76.3 Å². The molecule has 0 saturated carbocycles. The monoisotopic (exact) mass is 1080 g/mol. The average molecular weight is 1080 g/mol. The summed E-state index contributed by atoms with van der Waals surface area (Å²) in [5.41, 5.74) is 11.2. The molecule has 2 aliphatic rings. The van der Waals surface area contributed by atoms with Gasteiger partial charge >= 0.3 is 19.5 Å². The number of rotatable bonds is 30. The minimum absolute atomic E-state index is 0. The smallest absolute Gasteiger partial charge is 0.491 e. The van der Waals surface area contributed by atoms with Crippen molar-refractivity contribution in [3.8, 4) is 62.8 Å². The maximum absolute atomic E-state index is 6.39. The molecule has 5 heterocycles. The van der Waals surface area contributed by atoms with Gasteiger partial charge in [0.2, 0.25) is 0 Å². The van der Waals surface area contributed by atoms with Gasteiger partial charge < -0.3 is 92.5 Å². The molecule has 9 rings (SSSR count). The number of nitrogen functional groups attached to an aromatic ring is 1. The topological polar surface area (TPSA) is 242 Å². The van der Waals surface area contributed by atoms with Crippen molar-refractivity contribution in [2.75, 3.05) is 146 Å². The summed E-state index contributed by atoms with van der Waals surface area (Å²) in [6, 6.07) is 22.5. The molecule has 3 aromatic heterocycles. The van der Waals surface area contributed by atoms with Gasteiger partial charge in [0.15, 0.2) is 0 Å². The molecule has 22 heteroatoms. The van der Waals surface area contributed by atoms with E-state index in [1.807, 2.05) is 66.7 Å². The van der Waals surface area contributed by atoms with Crippen LogP contribution in [-0.4, -0.2) is 170 Å². The van der Waals surface area contributed by atoms with Crippen molar-refractivity contribution in [3.05, 3.63) is 72.8 Å². The van der Waals surface area contributed by atoms with Gasteiger partial charge in [-0.25, -0.2) is 9.97 Å². The number of aromatic nitrogens is 8. The van der Waals surface area contributed by atoms with Gasteiger partial charge in [0.05, 0.1) is 122 Å². The molecule has 2 N–H and O–H groups in total. The molecule has 75 heavy (non-hydrogen) atoms. The molecule has 21 nitrogen and oxygen atoms in total. The molecule has 0 amide bonds. The van der Waals surface area contributed by atoms with E-state index in [1.54, 1.807) is 27.4 Å². The molecule has 0 atom stereocenters. The molecular formula is C53H59N9O12Zn. The van der Waals surface area contributed by atoms with Gasteiger partial charge in [-0.05, 0) is 88.3 Å². The molecule has 4 aromatic carbocycles. The Hall–Kier alpha value is -6.30. The predicted molar refractivity (Wildman–Crippen MR) is 275 cm³/mol. The van der Waals surface area contributed by atoms with E-state index in [1.165, 1.54) is 0 Å². The molecule has 0 saturated heterocycles. The number of nitrogens with two attached hydrogens (primary N) is 1. The summed E-state index contributed by atoms with van der Waals surface area (Å²) in [6.07, 6.45) is 0. The molecule has 2 aliphatic heterocycles. The fourth-order valence-corrected chi connectivity index (χ4v) is 7.94. The average Bonchev–Trinajstić information content (AvgIpc) is 4.14. The first kappa shape index (κ1) is 55.0. The van der Waals surface area contributed by atoms with Crippen LogP contribution in [0.5, 0.6) is 17.2 Å². The summed E-state index contributed by atoms with van der Waals surface area (Å²) in [4.78, 5) is 40.6. The Kier molecular flexibility index (Phi) is 20.5. The van der Waals surface area contributed by atoms with Gasteiger partial charge in [0, 0.05) is 71.9 Å². The Morgan fingerprint density at radius 3 is 1.07 bits per heavy atom. The summed E-state index contributed by atoms with van der Waals surface area (Å²) in [5.74, 6) is 3.26. The molecule has 7 aromatic rings. The first-order chi connectivity index (χ1) is 36.5. The van der Waals surface area contributed by atoms with Gasteiger partial charge in [-0.1, -0.05) is 6.07 Å². The standard InChI is InChI=1S/C53H59N9O12.Zn/c1-63-12-15-66-18-21-69-24-27-72-35-5-9-39-43(31-35)51-57-47(39)55-46-38-8-4-34(54)30-42(38)50(56-46)62-53-45-33-37(74-29-26-71-23-20-68-17-14-65-3)7-11-41(45)49(61-53)60-52-44-32-36(6-10-40(44)48(58-51)59-52)73-28-25-70-22-19-67-16-13-64-2;/h4-11,30-33H,12-29,54H2,1-3H3;/q-2;+2. The van der Waals surface area contributed by atoms with E-state index in [0.717, 1.165) is 10.9 Å². The number of hydrogen-bond acceptors (Lipinski definition) is 19. The first-order valence-corrected chi connectivity index (χ1v) is 24.4. The maximum Gasteiger partial charge on any atom is 2.00 e. The Balaban J connectivity index is 0.00000747. The molecule has 0 radical (unpaired) electrons. The minimum atomic E-state index is 0. The van der Waals surface area contributed by atoms with Crippen LogP contribution in [0.15, 0.2) is 72.8 Å². The van der Waals surface area contributed by atoms with Crippen LogP contribution in [-0.2, 0) is 62.1 Å². The first-order valence-electron chi connectivity index (χ1n) is 24.4. The van der Waals surface area contributed by atoms with E-state index in [2.05, 4.69) is 0 Å². The number of ether oxygens (including phenoxy) is 12. The third-order valence-electron chi connectivity index (χ3n) is 11.5. The number of nitrogens with zero attached hydrogens (tertiary/aromatic N) is 8. The van der Waals surface area contributed by atoms with E-state index in [-0.39, 0.29) is 19.5 Å². The molecule has 0 unspecified atom stereocenters. The van der Waals surface area contributed by atoms with Crippen molar-refractivity contribution in [1.82, 2.24) is 39.9 Å². The fraction of sp³-hybridized carbons (Fsp3) is 0.396. The van der Waals surface area contributed by atoms with Gasteiger partial charge in [-0.15, -0.1) is 0 Å². The zero-order valence-electron chi connectivity index (χ0n) is 42.4. The maximum atomic E-state index is 6.39. The van der Waals surface area contributed by atoms with Crippen molar-refractivity contribution in [1.29, 1.82) is 0 Å². The van der Waals surface area contributed by atoms with Gasteiger partial charge in [0.1, 0.15) is 37.1 Å². The van der Waals surface area contributed by atoms with Gasteiger partial charge in [-0.3, -0.25) is 0 Å². The van der Waals surface area contributed by atoms with Gasteiger partial charge in [0.25, 0.3) is 0 Å². The second kappa shape index (κ2) is 28.0. The molecular weight excluding hydrogens is 1020 g/mol. The Morgan fingerprint density at radius 2 is 0.653 bits per heavy atom. The van der Waals surface area contributed by atoms with E-state index in [0.29, 0.717) is 221 Å². The summed E-state index contributed by atoms with van der Waals surface area (Å²) in [6.45, 7) is 7.74. The van der Waals surface area contributed by atoms with Crippen molar-refractivity contribution >= 4 is 49.8 Å². The van der Waals surface area contributed by atoms with Crippen molar-refractivity contribution in [2.45, 2.75) is 0 Å². The van der Waals surface area contributed by atoms with E-state index >= 15 is 0 Å². The summed E-state index contributed by atoms with van der Waals surface area (Å²) >= 11 is 0. The van der Waals surface area contributed by atoms with Crippen LogP contribution in [0.4, 0.5) is 5.69 Å². The van der Waals surface area contributed by atoms with Crippen LogP contribution in [0.25, 0.3) is 89.7 Å². The summed E-state index contributed by atoms with van der Waals surface area (Å²) in [7, 11) is 4.91. The van der Waals surface area contributed by atoms with Crippen LogP contribution in [0.2, 0.25) is 0 Å². The van der Waals surface area contributed by atoms with Crippen LogP contribution >= 0.6 is 0 Å². The summed E-state index contributed by atoms with van der Waals surface area (Å²) in [5, 5.41) is 2.79. The molecule has 8 bridgehead atoms. The molecule has 0 aliphatic carbocycles. The number of benzene rings is 4. The van der Waals surface area contributed by atoms with Crippen LogP contribution in [0.3, 0.4) is 0 Å². The van der Waals surface area contributed by atoms with E-state index in [4.69, 9.17) is 102 Å². The molecule has 0 spiro atoms. The molecule has 0 fully saturated rings. The van der Waals surface area contributed by atoms with Gasteiger partial charge in [-0.2, -0.15) is 0 Å². The Labute approximate surface area is 445 Å². The summed E-state index contributed by atoms with van der Waals surface area (Å²) < 4.78 is 67.3. The number of anilines is 1. The molecule has 390 valence electrons. The van der Waals surface area contributed by atoms with Crippen molar-refractivity contribution in [3.63, 3.8) is 0 Å². The minimum Gasteiger partial charge on any atom is -0.491 e. The second-order valence-electron chi connectivity index (χ2n) is 16.6. The second-order valence-corrected chi connectivity index (χ2v) is 16.6. The third-order valence-corrected chi connectivity index (χ3v) is 11.5. The number of hydrogen-bond donors (Lipinski definition) is 1. The van der Waals surface area contributed by atoms with Crippen molar-refractivity contribution in [2.24, 2.45) is 0 Å².